The lowest BCUT2D eigenvalue weighted by Gasteiger charge is -2.12. The molecule has 0 saturated heterocycles. The second-order valence-corrected chi connectivity index (χ2v) is 4.75. The van der Waals surface area contributed by atoms with Crippen molar-refractivity contribution in [2.45, 2.75) is 26.4 Å². The minimum atomic E-state index is -0.436. The molecule has 1 rings (SSSR count). The average Bonchev–Trinajstić information content (AvgIpc) is 2.47. The molecule has 0 spiro atoms. The van der Waals surface area contributed by atoms with E-state index < -0.39 is 4.92 Å². The number of nitrogens with zero attached hydrogens (tertiary/aromatic N) is 1. The topological polar surface area (TPSA) is 70.8 Å². The van der Waals surface area contributed by atoms with Crippen molar-refractivity contribution in [1.82, 2.24) is 0 Å². The third-order valence-electron chi connectivity index (χ3n) is 2.82. The van der Waals surface area contributed by atoms with E-state index in [4.69, 9.17) is 14.2 Å². The first-order chi connectivity index (χ1) is 10.1. The van der Waals surface area contributed by atoms with Crippen LogP contribution in [0.1, 0.15) is 25.3 Å². The molecular weight excluding hydrogens is 294 g/mol. The van der Waals surface area contributed by atoms with Gasteiger partial charge in [0.2, 0.25) is 0 Å². The Morgan fingerprint density at radius 2 is 2.05 bits per heavy atom. The summed E-state index contributed by atoms with van der Waals surface area (Å²) in [6.45, 7) is 2.94. The summed E-state index contributed by atoms with van der Waals surface area (Å²) >= 11 is 4.12. The van der Waals surface area contributed by atoms with E-state index >= 15 is 0 Å². The Bertz CT molecular complexity index is 467. The van der Waals surface area contributed by atoms with Gasteiger partial charge in [-0.2, -0.15) is 12.6 Å². The predicted molar refractivity (Wildman–Crippen MR) is 83.6 cm³/mol. The highest BCUT2D eigenvalue weighted by Crippen LogP contribution is 2.35. The summed E-state index contributed by atoms with van der Waals surface area (Å²) in [5, 5.41) is 11.2. The van der Waals surface area contributed by atoms with Crippen LogP contribution >= 0.6 is 12.6 Å². The maximum absolute atomic E-state index is 11.2. The summed E-state index contributed by atoms with van der Waals surface area (Å²) in [6, 6.07) is 2.98. The molecule has 0 saturated carbocycles. The van der Waals surface area contributed by atoms with Crippen LogP contribution in [-0.2, 0) is 11.3 Å². The molecule has 0 aliphatic carbocycles. The molecule has 118 valence electrons. The second kappa shape index (κ2) is 9.46. The molecule has 0 heterocycles. The molecule has 0 aliphatic heterocycles. The van der Waals surface area contributed by atoms with Gasteiger partial charge in [0.1, 0.15) is 0 Å². The number of benzene rings is 1. The molecule has 0 fully saturated rings. The Balaban J connectivity index is 2.87. The Morgan fingerprint density at radius 3 is 2.62 bits per heavy atom. The van der Waals surface area contributed by atoms with Gasteiger partial charge in [0.05, 0.1) is 36.9 Å². The molecule has 0 N–H and O–H groups in total. The smallest absolute Gasteiger partial charge is 0.278 e. The van der Waals surface area contributed by atoms with E-state index in [9.17, 15) is 10.1 Å². The van der Waals surface area contributed by atoms with Gasteiger partial charge in [-0.15, -0.1) is 0 Å². The summed E-state index contributed by atoms with van der Waals surface area (Å²) in [5.74, 6) is 1.64. The van der Waals surface area contributed by atoms with Crippen molar-refractivity contribution >= 4 is 18.3 Å². The van der Waals surface area contributed by atoms with Crippen LogP contribution in [-0.4, -0.2) is 31.0 Å². The van der Waals surface area contributed by atoms with Gasteiger partial charge in [-0.1, -0.05) is 0 Å². The Labute approximate surface area is 129 Å². The normalized spacial score (nSPS) is 10.4. The zero-order valence-corrected chi connectivity index (χ0v) is 13.2. The number of ether oxygens (including phenoxy) is 3. The SMILES string of the molecule is CCOc1cc([N+](=O)[O-])c(COCCCCS)cc1OC. The van der Waals surface area contributed by atoms with E-state index in [0.29, 0.717) is 30.3 Å². The number of nitro benzene ring substituents is 1. The predicted octanol–water partition coefficient (Wildman–Crippen LogP) is 3.23. The zero-order valence-electron chi connectivity index (χ0n) is 12.3. The molecular formula is C14H21NO5S. The molecule has 0 unspecified atom stereocenters. The lowest BCUT2D eigenvalue weighted by molar-refractivity contribution is -0.386. The van der Waals surface area contributed by atoms with Crippen molar-refractivity contribution in [1.29, 1.82) is 0 Å². The summed E-state index contributed by atoms with van der Waals surface area (Å²) in [7, 11) is 1.50. The van der Waals surface area contributed by atoms with Crippen molar-refractivity contribution in [2.24, 2.45) is 0 Å². The van der Waals surface area contributed by atoms with Gasteiger partial charge >= 0.3 is 0 Å². The van der Waals surface area contributed by atoms with Crippen molar-refractivity contribution in [3.8, 4) is 11.5 Å². The Hall–Kier alpha value is -1.47. The minimum Gasteiger partial charge on any atom is -0.493 e. The third-order valence-corrected chi connectivity index (χ3v) is 3.13. The van der Waals surface area contributed by atoms with Crippen molar-refractivity contribution < 1.29 is 19.1 Å². The van der Waals surface area contributed by atoms with Crippen LogP contribution in [0.4, 0.5) is 5.69 Å². The molecule has 7 heteroatoms. The Morgan fingerprint density at radius 1 is 1.29 bits per heavy atom. The number of hydrogen-bond donors (Lipinski definition) is 1. The molecule has 1 aromatic rings. The van der Waals surface area contributed by atoms with Gasteiger partial charge in [0.15, 0.2) is 11.5 Å². The van der Waals surface area contributed by atoms with Crippen molar-refractivity contribution in [2.75, 3.05) is 26.1 Å². The van der Waals surface area contributed by atoms with Gasteiger partial charge in [0.25, 0.3) is 5.69 Å². The Kier molecular flexibility index (Phi) is 7.92. The third kappa shape index (κ3) is 5.43. The maximum atomic E-state index is 11.2. The van der Waals surface area contributed by atoms with Crippen LogP contribution in [0.3, 0.4) is 0 Å². The van der Waals surface area contributed by atoms with Crippen LogP contribution in [0.5, 0.6) is 11.5 Å². The van der Waals surface area contributed by atoms with Crippen molar-refractivity contribution in [3.05, 3.63) is 27.8 Å². The first-order valence-corrected chi connectivity index (χ1v) is 7.44. The van der Waals surface area contributed by atoms with Gasteiger partial charge in [-0.3, -0.25) is 10.1 Å². The van der Waals surface area contributed by atoms with Gasteiger partial charge < -0.3 is 14.2 Å². The molecule has 21 heavy (non-hydrogen) atoms. The number of methoxy groups -OCH3 is 1. The highest BCUT2D eigenvalue weighted by atomic mass is 32.1. The van der Waals surface area contributed by atoms with Gasteiger partial charge in [-0.25, -0.2) is 0 Å². The fourth-order valence-corrected chi connectivity index (χ4v) is 2.03. The van der Waals surface area contributed by atoms with E-state index in [1.54, 1.807) is 6.07 Å². The quantitative estimate of drug-likeness (QED) is 0.311. The minimum absolute atomic E-state index is 0.0200. The highest BCUT2D eigenvalue weighted by Gasteiger charge is 2.19. The first kappa shape index (κ1) is 17.6. The van der Waals surface area contributed by atoms with Crippen LogP contribution in [0.2, 0.25) is 0 Å². The lowest BCUT2D eigenvalue weighted by atomic mass is 10.1. The summed E-state index contributed by atoms with van der Waals surface area (Å²) in [6.07, 6.45) is 1.84. The largest absolute Gasteiger partial charge is 0.493 e. The van der Waals surface area contributed by atoms with Gasteiger partial charge in [-0.05, 0) is 31.6 Å². The molecule has 6 nitrogen and oxygen atoms in total. The second-order valence-electron chi connectivity index (χ2n) is 4.31. The fourth-order valence-electron chi connectivity index (χ4n) is 1.80. The lowest BCUT2D eigenvalue weighted by Crippen LogP contribution is -2.03. The van der Waals surface area contributed by atoms with Crippen LogP contribution in [0.25, 0.3) is 0 Å². The average molecular weight is 315 g/mol. The maximum Gasteiger partial charge on any atom is 0.278 e. The number of thiol groups is 1. The van der Waals surface area contributed by atoms with Crippen LogP contribution in [0.15, 0.2) is 12.1 Å². The van der Waals surface area contributed by atoms with E-state index in [-0.39, 0.29) is 12.3 Å². The number of rotatable bonds is 10. The number of hydrogen-bond acceptors (Lipinski definition) is 6. The fraction of sp³-hybridized carbons (Fsp3) is 0.571. The van der Waals surface area contributed by atoms with Crippen LogP contribution < -0.4 is 9.47 Å². The van der Waals surface area contributed by atoms with Gasteiger partial charge in [0, 0.05) is 6.61 Å². The molecule has 0 atom stereocenters. The standard InChI is InChI=1S/C14H21NO5S/c1-3-20-14-9-12(15(16)17)11(8-13(14)18-2)10-19-6-4-5-7-21/h8-9,21H,3-7,10H2,1-2H3. The molecule has 0 aliphatic rings. The monoisotopic (exact) mass is 315 g/mol. The van der Waals surface area contributed by atoms with E-state index in [1.165, 1.54) is 13.2 Å². The summed E-state index contributed by atoms with van der Waals surface area (Å²) < 4.78 is 16.0. The van der Waals surface area contributed by atoms with E-state index in [1.807, 2.05) is 6.92 Å². The van der Waals surface area contributed by atoms with E-state index in [2.05, 4.69) is 12.6 Å². The molecule has 1 aromatic carbocycles. The molecule has 0 radical (unpaired) electrons. The van der Waals surface area contributed by atoms with Crippen molar-refractivity contribution in [3.63, 3.8) is 0 Å². The summed E-state index contributed by atoms with van der Waals surface area (Å²) in [5.41, 5.74) is 0.458. The molecule has 0 amide bonds. The van der Waals surface area contributed by atoms with E-state index in [0.717, 1.165) is 18.6 Å². The molecule has 0 bridgehead atoms. The number of nitro groups is 1. The summed E-state index contributed by atoms with van der Waals surface area (Å²) in [4.78, 5) is 10.7. The zero-order chi connectivity index (χ0) is 15.7. The molecule has 0 aromatic heterocycles. The van der Waals surface area contributed by atoms with Crippen LogP contribution in [0, 0.1) is 10.1 Å². The highest BCUT2D eigenvalue weighted by molar-refractivity contribution is 7.80. The first-order valence-electron chi connectivity index (χ1n) is 6.80. The number of unbranched alkanes of at least 4 members (excludes halogenated alkanes) is 1.